The summed E-state index contributed by atoms with van der Waals surface area (Å²) in [5.41, 5.74) is 18.4. The first-order valence-corrected chi connectivity index (χ1v) is 26.4. The number of rotatable bonds is 16. The van der Waals surface area contributed by atoms with Crippen LogP contribution in [0.3, 0.4) is 0 Å². The van der Waals surface area contributed by atoms with Gasteiger partial charge < -0.3 is 9.47 Å². The lowest BCUT2D eigenvalue weighted by atomic mass is 9.78. The Balaban J connectivity index is 0.804. The van der Waals surface area contributed by atoms with E-state index < -0.39 is 0 Å². The third kappa shape index (κ3) is 11.6. The molecule has 0 unspecified atom stereocenters. The van der Waals surface area contributed by atoms with Crippen LogP contribution in [0.1, 0.15) is 54.2 Å². The summed E-state index contributed by atoms with van der Waals surface area (Å²) in [6, 6.07) is 102. The maximum absolute atomic E-state index is 6.50. The monoisotopic (exact) mass is 994 g/mol. The van der Waals surface area contributed by atoms with E-state index in [-0.39, 0.29) is 5.41 Å². The summed E-state index contributed by atoms with van der Waals surface area (Å²) in [5, 5.41) is 0. The highest BCUT2D eigenvalue weighted by atomic mass is 16.5. The fraction of sp³-hybridized carbons (Fsp3) is 0.0676. The number of nitrogens with zero attached hydrogens (tertiary/aromatic N) is 1. The Hall–Kier alpha value is -9.57. The van der Waals surface area contributed by atoms with Crippen LogP contribution >= 0.6 is 0 Å². The molecule has 10 aromatic carbocycles. The average Bonchev–Trinajstić information content (AvgIpc) is 3.50. The summed E-state index contributed by atoms with van der Waals surface area (Å²) in [7, 11) is 0. The van der Waals surface area contributed by atoms with Crippen LogP contribution in [0.15, 0.2) is 297 Å². The SMILES string of the molecule is C/C(=C\C(=C(/Cc1ccccc1)c1ccc(Oc2ccc(C(C)(C)c3ccc(Oc4ccc(-[n+]5c(-c6ccccc6)cc(-c6ccccc6)cc5-c5ccccc5)cc4)cc3)cc2)cc1)c1ccccc1)c1ccccc1. The van der Waals surface area contributed by atoms with E-state index in [0.29, 0.717) is 0 Å². The van der Waals surface area contributed by atoms with E-state index in [1.54, 1.807) is 0 Å². The number of ether oxygens (including phenoxy) is 2. The second-order valence-corrected chi connectivity index (χ2v) is 20.0. The molecule has 11 aromatic rings. The van der Waals surface area contributed by atoms with E-state index >= 15 is 0 Å². The van der Waals surface area contributed by atoms with Crippen LogP contribution in [-0.2, 0) is 11.8 Å². The van der Waals surface area contributed by atoms with Gasteiger partial charge in [-0.25, -0.2) is 0 Å². The molecule has 0 saturated heterocycles. The molecule has 0 bridgehead atoms. The van der Waals surface area contributed by atoms with Gasteiger partial charge in [0.05, 0.1) is 0 Å². The van der Waals surface area contributed by atoms with Crippen molar-refractivity contribution in [3.63, 3.8) is 0 Å². The molecule has 0 radical (unpaired) electrons. The van der Waals surface area contributed by atoms with E-state index in [0.717, 1.165) is 68.7 Å². The molecular formula is C74H60NO2+. The molecule has 0 amide bonds. The summed E-state index contributed by atoms with van der Waals surface area (Å²) in [6.07, 6.45) is 3.12. The minimum absolute atomic E-state index is 0.272. The molecule has 0 aliphatic carbocycles. The highest BCUT2D eigenvalue weighted by Crippen LogP contribution is 2.38. The molecule has 77 heavy (non-hydrogen) atoms. The molecule has 0 saturated carbocycles. The Morgan fingerprint density at radius 1 is 0.377 bits per heavy atom. The van der Waals surface area contributed by atoms with Gasteiger partial charge in [-0.15, -0.1) is 0 Å². The predicted molar refractivity (Wildman–Crippen MR) is 319 cm³/mol. The highest BCUT2D eigenvalue weighted by molar-refractivity contribution is 5.99. The quantitative estimate of drug-likeness (QED) is 0.0547. The smallest absolute Gasteiger partial charge is 0.219 e. The summed E-state index contributed by atoms with van der Waals surface area (Å²) >= 11 is 0. The standard InChI is InChI=1S/C74H60NO2/c1-54(56-24-12-5-13-25-56)50-70(58-28-16-7-17-29-58)71(51-55-22-10-4-11-23-55)59-34-42-66(43-35-59)76-67-44-36-63(37-45-67)74(2,3)64-38-46-68(47-39-64)77-69-48-40-65(41-49-69)75-72(60-30-18-8-19-31-60)52-62(57-26-14-6-15-27-57)53-73(75)61-32-20-9-21-33-61/h4-50,52-53H,51H2,1-3H3/q+1/b54-50+,71-70-. The minimum Gasteiger partial charge on any atom is -0.457 e. The van der Waals surface area contributed by atoms with Crippen molar-refractivity contribution in [3.8, 4) is 62.3 Å². The fourth-order valence-corrected chi connectivity index (χ4v) is 10.1. The number of aromatic nitrogens is 1. The van der Waals surface area contributed by atoms with E-state index in [1.807, 2.05) is 0 Å². The van der Waals surface area contributed by atoms with Crippen LogP contribution in [-0.4, -0.2) is 0 Å². The molecule has 0 aliphatic heterocycles. The zero-order valence-electron chi connectivity index (χ0n) is 43.8. The average molecular weight is 995 g/mol. The zero-order chi connectivity index (χ0) is 52.4. The van der Waals surface area contributed by atoms with Gasteiger partial charge in [0, 0.05) is 40.8 Å². The molecule has 1 heterocycles. The van der Waals surface area contributed by atoms with Crippen molar-refractivity contribution in [2.75, 3.05) is 0 Å². The largest absolute Gasteiger partial charge is 0.457 e. The van der Waals surface area contributed by atoms with Gasteiger partial charge in [0.25, 0.3) is 0 Å². The van der Waals surface area contributed by atoms with Crippen molar-refractivity contribution in [2.45, 2.75) is 32.6 Å². The molecule has 0 atom stereocenters. The molecular weight excluding hydrogens is 935 g/mol. The third-order valence-electron chi connectivity index (χ3n) is 14.5. The Bertz CT molecular complexity index is 3700. The molecule has 3 heteroatoms. The van der Waals surface area contributed by atoms with Gasteiger partial charge in [-0.1, -0.05) is 214 Å². The van der Waals surface area contributed by atoms with Crippen molar-refractivity contribution < 1.29 is 14.0 Å². The molecule has 1 aromatic heterocycles. The first-order valence-electron chi connectivity index (χ1n) is 26.4. The molecule has 0 spiro atoms. The van der Waals surface area contributed by atoms with Gasteiger partial charge in [-0.05, 0) is 147 Å². The van der Waals surface area contributed by atoms with Crippen LogP contribution in [0.4, 0.5) is 0 Å². The lowest BCUT2D eigenvalue weighted by Gasteiger charge is -2.26. The summed E-state index contributed by atoms with van der Waals surface area (Å²) in [4.78, 5) is 0. The van der Waals surface area contributed by atoms with E-state index in [4.69, 9.17) is 9.47 Å². The fourth-order valence-electron chi connectivity index (χ4n) is 10.1. The topological polar surface area (TPSA) is 22.3 Å². The molecule has 11 rings (SSSR count). The van der Waals surface area contributed by atoms with Crippen LogP contribution in [0.2, 0.25) is 0 Å². The second-order valence-electron chi connectivity index (χ2n) is 20.0. The number of benzene rings is 10. The van der Waals surface area contributed by atoms with E-state index in [2.05, 4.69) is 323 Å². The summed E-state index contributed by atoms with van der Waals surface area (Å²) < 4.78 is 15.4. The number of pyridine rings is 1. The Morgan fingerprint density at radius 3 is 1.21 bits per heavy atom. The molecule has 0 N–H and O–H groups in total. The van der Waals surface area contributed by atoms with Crippen LogP contribution < -0.4 is 14.0 Å². The first kappa shape index (κ1) is 49.6. The summed E-state index contributed by atoms with van der Waals surface area (Å²) in [5.74, 6) is 3.11. The predicted octanol–water partition coefficient (Wildman–Crippen LogP) is 19.1. The van der Waals surface area contributed by atoms with Gasteiger partial charge in [0.1, 0.15) is 23.0 Å². The third-order valence-corrected chi connectivity index (χ3v) is 14.5. The van der Waals surface area contributed by atoms with Gasteiger partial charge in [-0.3, -0.25) is 0 Å². The van der Waals surface area contributed by atoms with E-state index in [1.165, 1.54) is 50.1 Å². The maximum Gasteiger partial charge on any atom is 0.219 e. The number of hydrogen-bond acceptors (Lipinski definition) is 2. The van der Waals surface area contributed by atoms with Crippen LogP contribution in [0, 0.1) is 0 Å². The number of allylic oxidation sites excluding steroid dienone is 4. The number of hydrogen-bond donors (Lipinski definition) is 0. The van der Waals surface area contributed by atoms with Crippen molar-refractivity contribution >= 4 is 16.7 Å². The Labute approximate surface area is 454 Å². The van der Waals surface area contributed by atoms with Crippen molar-refractivity contribution in [3.05, 3.63) is 331 Å². The van der Waals surface area contributed by atoms with Crippen molar-refractivity contribution in [1.29, 1.82) is 0 Å². The Morgan fingerprint density at radius 2 is 0.753 bits per heavy atom. The maximum atomic E-state index is 6.50. The highest BCUT2D eigenvalue weighted by Gasteiger charge is 2.26. The van der Waals surface area contributed by atoms with Crippen LogP contribution in [0.5, 0.6) is 23.0 Å². The molecule has 0 fully saturated rings. The molecule has 0 aliphatic rings. The minimum atomic E-state index is -0.272. The lowest BCUT2D eigenvalue weighted by molar-refractivity contribution is -0.572. The van der Waals surface area contributed by atoms with Crippen molar-refractivity contribution in [1.82, 2.24) is 0 Å². The van der Waals surface area contributed by atoms with Gasteiger partial charge in [-0.2, -0.15) is 4.57 Å². The van der Waals surface area contributed by atoms with Crippen LogP contribution in [0.25, 0.3) is 56.0 Å². The van der Waals surface area contributed by atoms with Gasteiger partial charge in [0.15, 0.2) is 0 Å². The Kier molecular flexibility index (Phi) is 14.8. The first-order chi connectivity index (χ1) is 37.8. The molecule has 3 nitrogen and oxygen atoms in total. The summed E-state index contributed by atoms with van der Waals surface area (Å²) in [6.45, 7) is 6.71. The molecule has 372 valence electrons. The van der Waals surface area contributed by atoms with E-state index in [9.17, 15) is 0 Å². The van der Waals surface area contributed by atoms with Gasteiger partial charge in [0.2, 0.25) is 17.1 Å². The van der Waals surface area contributed by atoms with Gasteiger partial charge >= 0.3 is 0 Å². The lowest BCUT2D eigenvalue weighted by Crippen LogP contribution is -2.36. The normalized spacial score (nSPS) is 11.9. The second kappa shape index (κ2) is 22.9. The zero-order valence-corrected chi connectivity index (χ0v) is 43.8. The van der Waals surface area contributed by atoms with Crippen molar-refractivity contribution in [2.24, 2.45) is 0 Å².